The summed E-state index contributed by atoms with van der Waals surface area (Å²) in [6, 6.07) is 26.6. The molecule has 44 heavy (non-hydrogen) atoms. The minimum absolute atomic E-state index is 0.204. The van der Waals surface area contributed by atoms with E-state index < -0.39 is 17.8 Å². The molecule has 0 aromatic heterocycles. The topological polar surface area (TPSA) is 94.2 Å². The van der Waals surface area contributed by atoms with E-state index in [4.69, 9.17) is 14.2 Å². The number of rotatable bonds is 11. The highest BCUT2D eigenvalue weighted by atomic mass is 79.9. The molecular weight excluding hydrogens is 624 g/mol. The van der Waals surface area contributed by atoms with E-state index in [-0.39, 0.29) is 5.57 Å². The van der Waals surface area contributed by atoms with Crippen LogP contribution in [0.1, 0.15) is 22.3 Å². The SMILES string of the molecule is C=CCc1cc(/C=C2\C(=O)NC(=O)N(c3ccc(OCc4ccccc4)cc3)C2=O)cc(OC)c1OCc1ccc(Br)cc1. The molecule has 0 atom stereocenters. The summed E-state index contributed by atoms with van der Waals surface area (Å²) >= 11 is 3.43. The zero-order valence-corrected chi connectivity index (χ0v) is 25.5. The minimum Gasteiger partial charge on any atom is -0.493 e. The van der Waals surface area contributed by atoms with Gasteiger partial charge in [-0.05, 0) is 77.7 Å². The van der Waals surface area contributed by atoms with Crippen molar-refractivity contribution >= 4 is 45.5 Å². The zero-order chi connectivity index (χ0) is 31.1. The van der Waals surface area contributed by atoms with Gasteiger partial charge in [-0.2, -0.15) is 0 Å². The summed E-state index contributed by atoms with van der Waals surface area (Å²) in [7, 11) is 1.52. The number of imide groups is 2. The van der Waals surface area contributed by atoms with Crippen LogP contribution in [-0.2, 0) is 29.2 Å². The van der Waals surface area contributed by atoms with Crippen LogP contribution in [0.3, 0.4) is 0 Å². The number of carbonyl (C=O) groups excluding carboxylic acids is 3. The molecule has 1 aliphatic rings. The van der Waals surface area contributed by atoms with E-state index in [1.54, 1.807) is 42.5 Å². The third-order valence-electron chi connectivity index (χ3n) is 6.79. The number of carbonyl (C=O) groups is 3. The molecule has 4 aromatic carbocycles. The molecule has 9 heteroatoms. The molecule has 1 aliphatic heterocycles. The first-order valence-corrected chi connectivity index (χ1v) is 14.5. The van der Waals surface area contributed by atoms with Crippen LogP contribution in [0, 0.1) is 0 Å². The number of urea groups is 1. The number of amides is 4. The van der Waals surface area contributed by atoms with Crippen LogP contribution in [0.25, 0.3) is 6.08 Å². The van der Waals surface area contributed by atoms with E-state index in [0.717, 1.165) is 26.1 Å². The van der Waals surface area contributed by atoms with E-state index in [0.29, 0.717) is 48.1 Å². The Morgan fingerprint density at radius 3 is 2.23 bits per heavy atom. The smallest absolute Gasteiger partial charge is 0.335 e. The number of anilines is 1. The van der Waals surface area contributed by atoms with Gasteiger partial charge in [-0.15, -0.1) is 6.58 Å². The maximum absolute atomic E-state index is 13.5. The molecule has 5 rings (SSSR count). The Balaban J connectivity index is 1.38. The van der Waals surface area contributed by atoms with Crippen LogP contribution in [-0.4, -0.2) is 25.0 Å². The van der Waals surface area contributed by atoms with Crippen molar-refractivity contribution in [3.8, 4) is 17.2 Å². The van der Waals surface area contributed by atoms with Gasteiger partial charge in [0, 0.05) is 10.0 Å². The van der Waals surface area contributed by atoms with Crippen LogP contribution in [0.2, 0.25) is 0 Å². The summed E-state index contributed by atoms with van der Waals surface area (Å²) in [5.74, 6) is -0.0201. The highest BCUT2D eigenvalue weighted by Crippen LogP contribution is 2.35. The summed E-state index contributed by atoms with van der Waals surface area (Å²) in [4.78, 5) is 40.1. The molecule has 1 N–H and O–H groups in total. The van der Waals surface area contributed by atoms with Crippen LogP contribution in [0.5, 0.6) is 17.2 Å². The summed E-state index contributed by atoms with van der Waals surface area (Å²) in [5.41, 5.74) is 3.34. The number of hydrogen-bond donors (Lipinski definition) is 1. The Hall–Kier alpha value is -5.15. The number of halogens is 1. The molecule has 0 saturated carbocycles. The lowest BCUT2D eigenvalue weighted by atomic mass is 10.0. The maximum atomic E-state index is 13.5. The quantitative estimate of drug-likeness (QED) is 0.106. The van der Waals surface area contributed by atoms with Gasteiger partial charge in [0.1, 0.15) is 24.5 Å². The van der Waals surface area contributed by atoms with Crippen molar-refractivity contribution in [3.05, 3.63) is 136 Å². The van der Waals surface area contributed by atoms with Gasteiger partial charge < -0.3 is 14.2 Å². The van der Waals surface area contributed by atoms with Crippen molar-refractivity contribution < 1.29 is 28.6 Å². The fraction of sp³-hybridized carbons (Fsp3) is 0.114. The number of hydrogen-bond acceptors (Lipinski definition) is 6. The number of barbiturate groups is 1. The molecule has 4 amide bonds. The van der Waals surface area contributed by atoms with Gasteiger partial charge >= 0.3 is 6.03 Å². The highest BCUT2D eigenvalue weighted by molar-refractivity contribution is 9.10. The lowest BCUT2D eigenvalue weighted by Crippen LogP contribution is -2.54. The van der Waals surface area contributed by atoms with Gasteiger partial charge in [0.05, 0.1) is 12.8 Å². The third kappa shape index (κ3) is 7.07. The summed E-state index contributed by atoms with van der Waals surface area (Å²) < 4.78 is 18.6. The van der Waals surface area contributed by atoms with Gasteiger partial charge in [-0.1, -0.05) is 64.5 Å². The van der Waals surface area contributed by atoms with Crippen molar-refractivity contribution in [3.63, 3.8) is 0 Å². The zero-order valence-electron chi connectivity index (χ0n) is 23.9. The van der Waals surface area contributed by atoms with E-state index in [1.165, 1.54) is 13.2 Å². The molecule has 0 unspecified atom stereocenters. The molecular formula is C35H29BrN2O6. The Kier molecular flexibility index (Phi) is 9.56. The average Bonchev–Trinajstić information content (AvgIpc) is 3.03. The fourth-order valence-electron chi connectivity index (χ4n) is 4.62. The van der Waals surface area contributed by atoms with Crippen molar-refractivity contribution in [1.29, 1.82) is 0 Å². The number of ether oxygens (including phenoxy) is 3. The Morgan fingerprint density at radius 1 is 0.864 bits per heavy atom. The Bertz CT molecular complexity index is 1720. The standard InChI is InChI=1S/C35H29BrN2O6/c1-3-7-26-18-25(20-31(42-2)32(26)44-22-24-10-12-27(36)13-11-24)19-30-33(39)37-35(41)38(34(30)40)28-14-16-29(17-15-28)43-21-23-8-5-4-6-9-23/h3-6,8-20H,1,7,21-22H2,2H3,(H,37,39,41)/b30-19+. The highest BCUT2D eigenvalue weighted by Gasteiger charge is 2.37. The number of nitrogens with zero attached hydrogens (tertiary/aromatic N) is 1. The third-order valence-corrected chi connectivity index (χ3v) is 7.32. The summed E-state index contributed by atoms with van der Waals surface area (Å²) in [5, 5.41) is 2.26. The predicted octanol–water partition coefficient (Wildman–Crippen LogP) is 7.01. The molecule has 0 aliphatic carbocycles. The molecule has 4 aromatic rings. The second kappa shape index (κ2) is 13.9. The minimum atomic E-state index is -0.836. The van der Waals surface area contributed by atoms with Gasteiger partial charge in [0.15, 0.2) is 11.5 Å². The van der Waals surface area contributed by atoms with E-state index in [2.05, 4.69) is 27.8 Å². The van der Waals surface area contributed by atoms with Crippen LogP contribution >= 0.6 is 15.9 Å². The molecule has 1 heterocycles. The van der Waals surface area contributed by atoms with E-state index >= 15 is 0 Å². The molecule has 1 saturated heterocycles. The number of benzene rings is 4. The van der Waals surface area contributed by atoms with Gasteiger partial charge in [-0.3, -0.25) is 14.9 Å². The monoisotopic (exact) mass is 652 g/mol. The number of nitrogens with one attached hydrogen (secondary N) is 1. The molecule has 222 valence electrons. The number of methoxy groups -OCH3 is 1. The van der Waals surface area contributed by atoms with E-state index in [1.807, 2.05) is 54.6 Å². The van der Waals surface area contributed by atoms with Gasteiger partial charge in [0.2, 0.25) is 0 Å². The van der Waals surface area contributed by atoms with Crippen molar-refractivity contribution in [2.24, 2.45) is 0 Å². The summed E-state index contributed by atoms with van der Waals surface area (Å²) in [6.45, 7) is 4.53. The van der Waals surface area contributed by atoms with Gasteiger partial charge in [-0.25, -0.2) is 9.69 Å². The summed E-state index contributed by atoms with van der Waals surface area (Å²) in [6.07, 6.45) is 3.61. The lowest BCUT2D eigenvalue weighted by molar-refractivity contribution is -0.122. The normalized spacial score (nSPS) is 13.9. The number of allylic oxidation sites excluding steroid dienone is 1. The Morgan fingerprint density at radius 2 is 1.55 bits per heavy atom. The molecule has 1 fully saturated rings. The first-order valence-electron chi connectivity index (χ1n) is 13.7. The van der Waals surface area contributed by atoms with Gasteiger partial charge in [0.25, 0.3) is 11.8 Å². The fourth-order valence-corrected chi connectivity index (χ4v) is 4.88. The van der Waals surface area contributed by atoms with E-state index in [9.17, 15) is 14.4 Å². The van der Waals surface area contributed by atoms with Crippen LogP contribution in [0.15, 0.2) is 114 Å². The first kappa shape index (κ1) is 30.3. The molecule has 8 nitrogen and oxygen atoms in total. The maximum Gasteiger partial charge on any atom is 0.335 e. The first-order chi connectivity index (χ1) is 21.4. The van der Waals surface area contributed by atoms with Crippen LogP contribution in [0.4, 0.5) is 10.5 Å². The molecule has 0 spiro atoms. The van der Waals surface area contributed by atoms with Crippen molar-refractivity contribution in [2.75, 3.05) is 12.0 Å². The second-order valence-electron chi connectivity index (χ2n) is 9.85. The lowest BCUT2D eigenvalue weighted by Gasteiger charge is -2.26. The Labute approximate surface area is 263 Å². The van der Waals surface area contributed by atoms with Crippen LogP contribution < -0.4 is 24.4 Å². The largest absolute Gasteiger partial charge is 0.493 e. The average molecular weight is 654 g/mol. The van der Waals surface area contributed by atoms with Crippen molar-refractivity contribution in [2.45, 2.75) is 19.6 Å². The molecule has 0 bridgehead atoms. The van der Waals surface area contributed by atoms with Crippen molar-refractivity contribution in [1.82, 2.24) is 5.32 Å². The second-order valence-corrected chi connectivity index (χ2v) is 10.8. The predicted molar refractivity (Wildman–Crippen MR) is 172 cm³/mol. The molecule has 0 radical (unpaired) electrons.